The van der Waals surface area contributed by atoms with Crippen LogP contribution in [0.25, 0.3) is 0 Å². The van der Waals surface area contributed by atoms with E-state index < -0.39 is 10.0 Å². The van der Waals surface area contributed by atoms with E-state index in [9.17, 15) is 8.42 Å². The number of benzene rings is 1. The largest absolute Gasteiger partial charge is 0.383 e. The van der Waals surface area contributed by atoms with Crippen molar-refractivity contribution >= 4 is 15.7 Å². The average Bonchev–Trinajstić information content (AvgIpc) is 2.40. The number of rotatable bonds is 4. The zero-order chi connectivity index (χ0) is 14.8. The van der Waals surface area contributed by atoms with Gasteiger partial charge >= 0.3 is 0 Å². The van der Waals surface area contributed by atoms with Crippen LogP contribution in [0.15, 0.2) is 29.2 Å². The van der Waals surface area contributed by atoms with Gasteiger partial charge in [0, 0.05) is 6.54 Å². The predicted molar refractivity (Wildman–Crippen MR) is 81.1 cm³/mol. The van der Waals surface area contributed by atoms with Crippen molar-refractivity contribution in [2.75, 3.05) is 32.0 Å². The van der Waals surface area contributed by atoms with Gasteiger partial charge in [0.2, 0.25) is 10.0 Å². The van der Waals surface area contributed by atoms with E-state index in [0.717, 1.165) is 32.5 Å². The van der Waals surface area contributed by atoms with Gasteiger partial charge in [-0.1, -0.05) is 19.1 Å². The van der Waals surface area contributed by atoms with Crippen LogP contribution in [0.1, 0.15) is 19.8 Å². The van der Waals surface area contributed by atoms with Crippen LogP contribution in [0.2, 0.25) is 0 Å². The minimum atomic E-state index is -3.69. The number of anilines is 1. The summed E-state index contributed by atoms with van der Waals surface area (Å²) in [6.07, 6.45) is 2.21. The van der Waals surface area contributed by atoms with E-state index in [-0.39, 0.29) is 10.3 Å². The molecule has 0 radical (unpaired) electrons. The first-order valence-corrected chi connectivity index (χ1v) is 8.39. The van der Waals surface area contributed by atoms with Gasteiger partial charge in [-0.2, -0.15) is 0 Å². The lowest BCUT2D eigenvalue weighted by atomic mass is 9.80. The molecule has 1 aliphatic rings. The third kappa shape index (κ3) is 3.71. The van der Waals surface area contributed by atoms with Crippen LogP contribution in [-0.4, -0.2) is 40.0 Å². The molecule has 5 nitrogen and oxygen atoms in total. The Morgan fingerprint density at radius 1 is 1.30 bits per heavy atom. The maximum atomic E-state index is 11.6. The number of para-hydroxylation sites is 1. The van der Waals surface area contributed by atoms with E-state index >= 15 is 0 Å². The Balaban J connectivity index is 2.08. The van der Waals surface area contributed by atoms with Crippen molar-refractivity contribution in [3.8, 4) is 0 Å². The molecule has 1 fully saturated rings. The van der Waals surface area contributed by atoms with E-state index in [1.807, 2.05) is 6.07 Å². The molecule has 1 aromatic rings. The lowest BCUT2D eigenvalue weighted by Crippen LogP contribution is -2.40. The molecule has 1 aliphatic heterocycles. The van der Waals surface area contributed by atoms with Gasteiger partial charge in [0.05, 0.1) is 5.69 Å². The number of hydrogen-bond acceptors (Lipinski definition) is 4. The van der Waals surface area contributed by atoms with Gasteiger partial charge in [0.25, 0.3) is 0 Å². The molecular formula is C14H23N3O2S. The SMILES string of the molecule is CN1CCC(C)(CNc2ccccc2S(N)(=O)=O)CC1. The molecular weight excluding hydrogens is 274 g/mol. The van der Waals surface area contributed by atoms with Gasteiger partial charge in [-0.15, -0.1) is 0 Å². The monoisotopic (exact) mass is 297 g/mol. The molecule has 20 heavy (non-hydrogen) atoms. The average molecular weight is 297 g/mol. The first kappa shape index (κ1) is 15.3. The van der Waals surface area contributed by atoms with Gasteiger partial charge < -0.3 is 10.2 Å². The lowest BCUT2D eigenvalue weighted by Gasteiger charge is -2.38. The number of likely N-dealkylation sites (tertiary alicyclic amines) is 1. The Labute approximate surface area is 121 Å². The molecule has 0 aliphatic carbocycles. The number of hydrogen-bond donors (Lipinski definition) is 2. The van der Waals surface area contributed by atoms with Gasteiger partial charge in [0.1, 0.15) is 4.90 Å². The highest BCUT2D eigenvalue weighted by Crippen LogP contribution is 2.31. The highest BCUT2D eigenvalue weighted by molar-refractivity contribution is 7.89. The molecule has 0 saturated carbocycles. The highest BCUT2D eigenvalue weighted by Gasteiger charge is 2.29. The van der Waals surface area contributed by atoms with Gasteiger partial charge in [-0.25, -0.2) is 13.6 Å². The Kier molecular flexibility index (Phi) is 4.36. The van der Waals surface area contributed by atoms with Crippen LogP contribution in [0, 0.1) is 5.41 Å². The van der Waals surface area contributed by atoms with E-state index in [4.69, 9.17) is 5.14 Å². The van der Waals surface area contributed by atoms with E-state index in [0.29, 0.717) is 5.69 Å². The van der Waals surface area contributed by atoms with E-state index in [2.05, 4.69) is 24.2 Å². The topological polar surface area (TPSA) is 75.4 Å². The van der Waals surface area contributed by atoms with Crippen molar-refractivity contribution < 1.29 is 8.42 Å². The molecule has 1 heterocycles. The maximum absolute atomic E-state index is 11.6. The van der Waals surface area contributed by atoms with Crippen molar-refractivity contribution in [2.24, 2.45) is 10.6 Å². The maximum Gasteiger partial charge on any atom is 0.240 e. The fourth-order valence-electron chi connectivity index (χ4n) is 2.50. The molecule has 0 bridgehead atoms. The quantitative estimate of drug-likeness (QED) is 0.882. The Morgan fingerprint density at radius 3 is 2.50 bits per heavy atom. The third-order valence-corrected chi connectivity index (χ3v) is 5.06. The Bertz CT molecular complexity index is 564. The van der Waals surface area contributed by atoms with E-state index in [1.165, 1.54) is 6.07 Å². The molecule has 0 amide bonds. The number of nitrogens with one attached hydrogen (secondary N) is 1. The second kappa shape index (κ2) is 5.71. The van der Waals surface area contributed by atoms with Crippen molar-refractivity contribution in [1.82, 2.24) is 4.90 Å². The molecule has 6 heteroatoms. The molecule has 1 saturated heterocycles. The van der Waals surface area contributed by atoms with Crippen LogP contribution in [-0.2, 0) is 10.0 Å². The van der Waals surface area contributed by atoms with Crippen molar-refractivity contribution in [2.45, 2.75) is 24.7 Å². The number of sulfonamides is 1. The summed E-state index contributed by atoms with van der Waals surface area (Å²) < 4.78 is 23.1. The lowest BCUT2D eigenvalue weighted by molar-refractivity contribution is 0.150. The summed E-state index contributed by atoms with van der Waals surface area (Å²) in [5.41, 5.74) is 0.785. The summed E-state index contributed by atoms with van der Waals surface area (Å²) in [6, 6.07) is 6.79. The minimum absolute atomic E-state index is 0.163. The molecule has 112 valence electrons. The molecule has 0 spiro atoms. The minimum Gasteiger partial charge on any atom is -0.383 e. The Morgan fingerprint density at radius 2 is 1.90 bits per heavy atom. The van der Waals surface area contributed by atoms with Crippen molar-refractivity contribution in [1.29, 1.82) is 0 Å². The standard InChI is InChI=1S/C14H23N3O2S/c1-14(7-9-17(2)10-8-14)11-16-12-5-3-4-6-13(12)20(15,18)19/h3-6,16H,7-11H2,1-2H3,(H2,15,18,19). The van der Waals surface area contributed by atoms with Crippen LogP contribution in [0.4, 0.5) is 5.69 Å². The zero-order valence-electron chi connectivity index (χ0n) is 12.1. The fraction of sp³-hybridized carbons (Fsp3) is 0.571. The smallest absolute Gasteiger partial charge is 0.240 e. The van der Waals surface area contributed by atoms with Gasteiger partial charge in [0.15, 0.2) is 0 Å². The van der Waals surface area contributed by atoms with Gasteiger partial charge in [-0.3, -0.25) is 0 Å². The summed E-state index contributed by atoms with van der Waals surface area (Å²) in [6.45, 7) is 5.16. The molecule has 2 rings (SSSR count). The predicted octanol–water partition coefficient (Wildman–Crippen LogP) is 1.48. The van der Waals surface area contributed by atoms with Crippen LogP contribution in [0.5, 0.6) is 0 Å². The third-order valence-electron chi connectivity index (χ3n) is 4.09. The molecule has 0 atom stereocenters. The highest BCUT2D eigenvalue weighted by atomic mass is 32.2. The van der Waals surface area contributed by atoms with Crippen LogP contribution < -0.4 is 10.5 Å². The summed E-state index contributed by atoms with van der Waals surface area (Å²) in [5.74, 6) is 0. The Hall–Kier alpha value is -1.11. The van der Waals surface area contributed by atoms with Crippen molar-refractivity contribution in [3.05, 3.63) is 24.3 Å². The van der Waals surface area contributed by atoms with E-state index in [1.54, 1.807) is 12.1 Å². The normalized spacial score (nSPS) is 19.8. The summed E-state index contributed by atoms with van der Waals surface area (Å²) >= 11 is 0. The second-order valence-electron chi connectivity index (χ2n) is 6.01. The van der Waals surface area contributed by atoms with Crippen molar-refractivity contribution in [3.63, 3.8) is 0 Å². The van der Waals surface area contributed by atoms with Crippen LogP contribution in [0.3, 0.4) is 0 Å². The fourth-order valence-corrected chi connectivity index (χ4v) is 3.22. The first-order valence-electron chi connectivity index (χ1n) is 6.84. The number of primary sulfonamides is 1. The summed E-state index contributed by atoms with van der Waals surface area (Å²) in [7, 11) is -1.56. The molecule has 1 aromatic carbocycles. The molecule has 3 N–H and O–H groups in total. The number of piperidine rings is 1. The van der Waals surface area contributed by atoms with Crippen LogP contribution >= 0.6 is 0 Å². The summed E-state index contributed by atoms with van der Waals surface area (Å²) in [4.78, 5) is 2.48. The summed E-state index contributed by atoms with van der Waals surface area (Å²) in [5, 5.41) is 8.51. The second-order valence-corrected chi connectivity index (χ2v) is 7.54. The first-order chi connectivity index (χ1) is 9.30. The molecule has 0 unspecified atom stereocenters. The molecule has 0 aromatic heterocycles. The zero-order valence-corrected chi connectivity index (χ0v) is 12.9. The number of nitrogens with zero attached hydrogens (tertiary/aromatic N) is 1. The number of nitrogens with two attached hydrogens (primary N) is 1. The van der Waals surface area contributed by atoms with Gasteiger partial charge in [-0.05, 0) is 50.5 Å².